The van der Waals surface area contributed by atoms with E-state index in [9.17, 15) is 9.59 Å². The van der Waals surface area contributed by atoms with Crippen LogP contribution in [0.25, 0.3) is 0 Å². The molecule has 0 saturated heterocycles. The molecular formula is C19H35NO3. The van der Waals surface area contributed by atoms with Crippen molar-refractivity contribution in [2.75, 3.05) is 13.2 Å². The highest BCUT2D eigenvalue weighted by molar-refractivity contribution is 5.87. The minimum atomic E-state index is -0.226. The van der Waals surface area contributed by atoms with Crippen LogP contribution in [0.5, 0.6) is 0 Å². The van der Waals surface area contributed by atoms with Gasteiger partial charge in [0.1, 0.15) is 0 Å². The lowest BCUT2D eigenvalue weighted by Gasteiger charge is -2.24. The maximum absolute atomic E-state index is 11.7. The van der Waals surface area contributed by atoms with Gasteiger partial charge in [-0.2, -0.15) is 0 Å². The van der Waals surface area contributed by atoms with Crippen molar-refractivity contribution >= 4 is 11.9 Å². The molecule has 1 amide bonds. The molecule has 23 heavy (non-hydrogen) atoms. The lowest BCUT2D eigenvalue weighted by Crippen LogP contribution is -2.37. The van der Waals surface area contributed by atoms with Gasteiger partial charge in [-0.3, -0.25) is 9.59 Å². The Bertz CT molecular complexity index is 340. The van der Waals surface area contributed by atoms with E-state index in [1.54, 1.807) is 4.90 Å². The van der Waals surface area contributed by atoms with Crippen LogP contribution in [0.3, 0.4) is 0 Å². The third-order valence-electron chi connectivity index (χ3n) is 3.90. The fourth-order valence-electron chi connectivity index (χ4n) is 2.45. The molecule has 0 aliphatic rings. The second-order valence-electron chi connectivity index (χ2n) is 6.27. The Morgan fingerprint density at radius 1 is 1.04 bits per heavy atom. The lowest BCUT2D eigenvalue weighted by molar-refractivity contribution is -0.144. The van der Waals surface area contributed by atoms with Crippen LogP contribution in [0, 0.1) is 0 Å². The molecule has 0 unspecified atom stereocenters. The molecule has 0 heterocycles. The van der Waals surface area contributed by atoms with E-state index in [2.05, 4.69) is 13.5 Å². The number of esters is 1. The number of hydrogen-bond acceptors (Lipinski definition) is 3. The molecule has 0 aliphatic heterocycles. The summed E-state index contributed by atoms with van der Waals surface area (Å²) in [6.45, 7) is 10.4. The average Bonchev–Trinajstić information content (AvgIpc) is 2.52. The van der Waals surface area contributed by atoms with E-state index in [0.717, 1.165) is 12.8 Å². The van der Waals surface area contributed by atoms with E-state index < -0.39 is 0 Å². The van der Waals surface area contributed by atoms with Crippen molar-refractivity contribution in [3.05, 3.63) is 12.7 Å². The first kappa shape index (κ1) is 21.7. The lowest BCUT2D eigenvalue weighted by atomic mass is 10.1. The quantitative estimate of drug-likeness (QED) is 0.269. The molecule has 0 bridgehead atoms. The standard InChI is InChI=1S/C19H35NO3/c1-5-7-8-9-10-11-12-13-16-23-19(22)14-15-20(17(3)4)18(21)6-2/h6,17H,2,5,7-16H2,1,3-4H3. The smallest absolute Gasteiger partial charge is 0.307 e. The molecule has 0 aromatic heterocycles. The monoisotopic (exact) mass is 325 g/mol. The zero-order chi connectivity index (χ0) is 17.5. The van der Waals surface area contributed by atoms with Crippen molar-refractivity contribution in [1.29, 1.82) is 0 Å². The van der Waals surface area contributed by atoms with Crippen LogP contribution in [0.15, 0.2) is 12.7 Å². The van der Waals surface area contributed by atoms with Crippen molar-refractivity contribution in [3.63, 3.8) is 0 Å². The molecule has 0 atom stereocenters. The molecule has 0 radical (unpaired) electrons. The summed E-state index contributed by atoms with van der Waals surface area (Å²) in [5.74, 6) is -0.369. The predicted octanol–water partition coefficient (Wildman–Crippen LogP) is 4.48. The third-order valence-corrected chi connectivity index (χ3v) is 3.90. The minimum Gasteiger partial charge on any atom is -0.466 e. The minimum absolute atomic E-state index is 0.0565. The molecular weight excluding hydrogens is 290 g/mol. The first-order chi connectivity index (χ1) is 11.0. The van der Waals surface area contributed by atoms with Gasteiger partial charge >= 0.3 is 5.97 Å². The van der Waals surface area contributed by atoms with Gasteiger partial charge in [0.15, 0.2) is 0 Å². The summed E-state index contributed by atoms with van der Waals surface area (Å²) < 4.78 is 5.23. The molecule has 0 rings (SSSR count). The Kier molecular flexibility index (Phi) is 13.5. The zero-order valence-electron chi connectivity index (χ0n) is 15.3. The summed E-state index contributed by atoms with van der Waals surface area (Å²) >= 11 is 0. The van der Waals surface area contributed by atoms with Gasteiger partial charge in [0, 0.05) is 12.6 Å². The van der Waals surface area contributed by atoms with Crippen molar-refractivity contribution in [2.24, 2.45) is 0 Å². The van der Waals surface area contributed by atoms with E-state index in [1.807, 2.05) is 13.8 Å². The molecule has 0 saturated carbocycles. The summed E-state index contributed by atoms with van der Waals surface area (Å²) in [4.78, 5) is 25.0. The number of unbranched alkanes of at least 4 members (excludes halogenated alkanes) is 7. The van der Waals surface area contributed by atoms with Gasteiger partial charge in [-0.15, -0.1) is 0 Å². The SMILES string of the molecule is C=CC(=O)N(CCC(=O)OCCCCCCCCCC)C(C)C. The molecule has 0 aliphatic carbocycles. The van der Waals surface area contributed by atoms with Crippen LogP contribution >= 0.6 is 0 Å². The molecule has 4 nitrogen and oxygen atoms in total. The second kappa shape index (κ2) is 14.3. The number of nitrogens with zero attached hydrogens (tertiary/aromatic N) is 1. The highest BCUT2D eigenvalue weighted by Gasteiger charge is 2.15. The number of ether oxygens (including phenoxy) is 1. The van der Waals surface area contributed by atoms with E-state index in [-0.39, 0.29) is 24.3 Å². The summed E-state index contributed by atoms with van der Waals surface area (Å²) in [5, 5.41) is 0. The molecule has 134 valence electrons. The van der Waals surface area contributed by atoms with Crippen LogP contribution in [-0.4, -0.2) is 36.0 Å². The van der Waals surface area contributed by atoms with E-state index >= 15 is 0 Å². The Morgan fingerprint density at radius 2 is 1.61 bits per heavy atom. The topological polar surface area (TPSA) is 46.6 Å². The van der Waals surface area contributed by atoms with Crippen molar-refractivity contribution in [2.45, 2.75) is 84.6 Å². The molecule has 0 spiro atoms. The number of carbonyl (C=O) groups excluding carboxylic acids is 2. The highest BCUT2D eigenvalue weighted by atomic mass is 16.5. The fourth-order valence-corrected chi connectivity index (χ4v) is 2.45. The number of carbonyl (C=O) groups is 2. The van der Waals surface area contributed by atoms with Crippen LogP contribution in [0.4, 0.5) is 0 Å². The normalized spacial score (nSPS) is 10.6. The molecule has 4 heteroatoms. The summed E-state index contributed by atoms with van der Waals surface area (Å²) in [6.07, 6.45) is 11.3. The van der Waals surface area contributed by atoms with Gasteiger partial charge in [-0.1, -0.05) is 58.4 Å². The molecule has 0 fully saturated rings. The Labute approximate surface area is 142 Å². The van der Waals surface area contributed by atoms with Gasteiger partial charge in [-0.05, 0) is 26.3 Å². The molecule has 0 aromatic carbocycles. The molecule has 0 aromatic rings. The Hall–Kier alpha value is -1.32. The van der Waals surface area contributed by atoms with Gasteiger partial charge in [0.2, 0.25) is 5.91 Å². The number of amides is 1. The van der Waals surface area contributed by atoms with Gasteiger partial charge in [0.05, 0.1) is 13.0 Å². The summed E-state index contributed by atoms with van der Waals surface area (Å²) in [5.41, 5.74) is 0. The maximum Gasteiger partial charge on any atom is 0.307 e. The van der Waals surface area contributed by atoms with Crippen LogP contribution in [0.1, 0.15) is 78.6 Å². The van der Waals surface area contributed by atoms with Crippen molar-refractivity contribution in [1.82, 2.24) is 4.90 Å². The number of rotatable bonds is 14. The second-order valence-corrected chi connectivity index (χ2v) is 6.27. The van der Waals surface area contributed by atoms with Gasteiger partial charge in [0.25, 0.3) is 0 Å². The van der Waals surface area contributed by atoms with Crippen molar-refractivity contribution in [3.8, 4) is 0 Å². The van der Waals surface area contributed by atoms with Crippen LogP contribution < -0.4 is 0 Å². The summed E-state index contributed by atoms with van der Waals surface area (Å²) in [6, 6.07) is 0.0565. The zero-order valence-corrected chi connectivity index (χ0v) is 15.3. The Morgan fingerprint density at radius 3 is 2.13 bits per heavy atom. The first-order valence-electron chi connectivity index (χ1n) is 9.11. The van der Waals surface area contributed by atoms with Crippen LogP contribution in [-0.2, 0) is 14.3 Å². The van der Waals surface area contributed by atoms with E-state index in [1.165, 1.54) is 44.6 Å². The van der Waals surface area contributed by atoms with Gasteiger partial charge in [-0.25, -0.2) is 0 Å². The number of hydrogen-bond donors (Lipinski definition) is 0. The fraction of sp³-hybridized carbons (Fsp3) is 0.789. The maximum atomic E-state index is 11.7. The third kappa shape index (κ3) is 11.8. The average molecular weight is 325 g/mol. The van der Waals surface area contributed by atoms with E-state index in [0.29, 0.717) is 13.2 Å². The van der Waals surface area contributed by atoms with Crippen molar-refractivity contribution < 1.29 is 14.3 Å². The van der Waals surface area contributed by atoms with Crippen LogP contribution in [0.2, 0.25) is 0 Å². The van der Waals surface area contributed by atoms with Gasteiger partial charge < -0.3 is 9.64 Å². The first-order valence-corrected chi connectivity index (χ1v) is 9.11. The molecule has 0 N–H and O–H groups in total. The summed E-state index contributed by atoms with van der Waals surface area (Å²) in [7, 11) is 0. The Balaban J connectivity index is 3.63. The highest BCUT2D eigenvalue weighted by Crippen LogP contribution is 2.08. The predicted molar refractivity (Wildman–Crippen MR) is 95.2 cm³/mol. The van der Waals surface area contributed by atoms with E-state index in [4.69, 9.17) is 4.74 Å². The largest absolute Gasteiger partial charge is 0.466 e.